The average Bonchev–Trinajstić information content (AvgIpc) is 2.07. The van der Waals surface area contributed by atoms with Crippen molar-refractivity contribution < 1.29 is 9.90 Å². The minimum absolute atomic E-state index is 0.00753. The molecule has 1 aromatic rings. The van der Waals surface area contributed by atoms with E-state index in [1.807, 2.05) is 0 Å². The predicted molar refractivity (Wildman–Crippen MR) is 59.5 cm³/mol. The van der Waals surface area contributed by atoms with Gasteiger partial charge in [0, 0.05) is 0 Å². The number of carbonyl (C=O) groups is 1. The molecule has 0 aliphatic rings. The van der Waals surface area contributed by atoms with Crippen LogP contribution in [0.4, 0.5) is 5.69 Å². The van der Waals surface area contributed by atoms with E-state index in [-0.39, 0.29) is 11.7 Å². The van der Waals surface area contributed by atoms with Crippen molar-refractivity contribution in [3.05, 3.63) is 18.2 Å². The topological polar surface area (TPSA) is 49.3 Å². The maximum atomic E-state index is 10.8. The normalized spacial score (nSPS) is 10.3. The fourth-order valence-electron chi connectivity index (χ4n) is 0.919. The van der Waals surface area contributed by atoms with Gasteiger partial charge in [-0.3, -0.25) is 0 Å². The quantitative estimate of drug-likeness (QED) is 0.642. The molecule has 1 amide bonds. The molecule has 0 spiro atoms. The summed E-state index contributed by atoms with van der Waals surface area (Å²) in [5.41, 5.74) is 0.343. The van der Waals surface area contributed by atoms with Crippen LogP contribution in [0.2, 0.25) is 0 Å². The van der Waals surface area contributed by atoms with Gasteiger partial charge in [-0.2, -0.15) is 0 Å². The second-order valence-electron chi connectivity index (χ2n) is 2.62. The zero-order valence-corrected chi connectivity index (χ0v) is 10.7. The molecule has 76 valence electrons. The van der Waals surface area contributed by atoms with Crippen LogP contribution in [0.1, 0.15) is 6.92 Å². The van der Waals surface area contributed by atoms with Crippen molar-refractivity contribution in [2.24, 2.45) is 0 Å². The molecule has 0 aliphatic heterocycles. The summed E-state index contributed by atoms with van der Waals surface area (Å²) in [7, 11) is 11.6. The zero-order chi connectivity index (χ0) is 10.7. The van der Waals surface area contributed by atoms with E-state index >= 15 is 0 Å². The van der Waals surface area contributed by atoms with E-state index in [1.54, 1.807) is 12.1 Å². The van der Waals surface area contributed by atoms with Crippen molar-refractivity contribution in [1.82, 2.24) is 0 Å². The van der Waals surface area contributed by atoms with Crippen LogP contribution >= 0.6 is 19.9 Å². The Hall–Kier alpha value is -0.372. The summed E-state index contributed by atoms with van der Waals surface area (Å²) in [5, 5.41) is 11.9. The average molecular weight is 296 g/mol. The van der Waals surface area contributed by atoms with Crippen molar-refractivity contribution in [1.29, 1.82) is 0 Å². The van der Waals surface area contributed by atoms with E-state index in [0.29, 0.717) is 5.69 Å². The number of aromatic hydroxyl groups is 1. The molecule has 0 bridgehead atoms. The summed E-state index contributed by atoms with van der Waals surface area (Å²) >= 11 is -2.00. The number of halogens is 2. The number of carbonyl (C=O) groups excluding carboxylic acids is 1. The van der Waals surface area contributed by atoms with Gasteiger partial charge in [0.1, 0.15) is 0 Å². The van der Waals surface area contributed by atoms with Crippen LogP contribution in [0.25, 0.3) is 0 Å². The van der Waals surface area contributed by atoms with Crippen molar-refractivity contribution in [2.75, 3.05) is 5.32 Å². The molecule has 0 radical (unpaired) electrons. The summed E-state index contributed by atoms with van der Waals surface area (Å²) in [6.07, 6.45) is 0. The van der Waals surface area contributed by atoms with Crippen molar-refractivity contribution in [3.63, 3.8) is 0 Å². The van der Waals surface area contributed by atoms with Gasteiger partial charge in [0.25, 0.3) is 0 Å². The molecule has 0 atom stereocenters. The number of phenols is 1. The SMILES string of the molecule is CC(=O)Nc1cc([As](Cl)Cl)ccc1O. The van der Waals surface area contributed by atoms with Gasteiger partial charge < -0.3 is 0 Å². The fourth-order valence-corrected chi connectivity index (χ4v) is 2.88. The Labute approximate surface area is 94.6 Å². The molecular weight excluding hydrogens is 288 g/mol. The van der Waals surface area contributed by atoms with Gasteiger partial charge in [0.05, 0.1) is 0 Å². The van der Waals surface area contributed by atoms with Crippen LogP contribution in [0.15, 0.2) is 18.2 Å². The van der Waals surface area contributed by atoms with Crippen LogP contribution in [0.5, 0.6) is 5.75 Å². The first-order valence-electron chi connectivity index (χ1n) is 3.73. The van der Waals surface area contributed by atoms with Crippen LogP contribution in [-0.2, 0) is 4.79 Å². The fraction of sp³-hybridized carbons (Fsp3) is 0.125. The molecule has 3 nitrogen and oxygen atoms in total. The molecule has 1 rings (SSSR count). The van der Waals surface area contributed by atoms with Crippen LogP contribution in [0.3, 0.4) is 0 Å². The molecule has 0 aromatic heterocycles. The van der Waals surface area contributed by atoms with Gasteiger partial charge >= 0.3 is 94.7 Å². The van der Waals surface area contributed by atoms with Crippen molar-refractivity contribution in [2.45, 2.75) is 6.92 Å². The van der Waals surface area contributed by atoms with Gasteiger partial charge in [-0.05, 0) is 0 Å². The molecule has 0 unspecified atom stereocenters. The third kappa shape index (κ3) is 3.09. The summed E-state index contributed by atoms with van der Waals surface area (Å²) in [4.78, 5) is 10.8. The Morgan fingerprint density at radius 3 is 2.64 bits per heavy atom. The van der Waals surface area contributed by atoms with Gasteiger partial charge in [-0.1, -0.05) is 0 Å². The number of phenolic OH excluding ortho intramolecular Hbond substituents is 1. The van der Waals surface area contributed by atoms with Gasteiger partial charge in [0.15, 0.2) is 0 Å². The van der Waals surface area contributed by atoms with Crippen molar-refractivity contribution in [3.8, 4) is 5.75 Å². The van der Waals surface area contributed by atoms with Crippen LogP contribution < -0.4 is 9.67 Å². The van der Waals surface area contributed by atoms with Gasteiger partial charge in [-0.15, -0.1) is 0 Å². The van der Waals surface area contributed by atoms with E-state index in [2.05, 4.69) is 5.32 Å². The molecule has 1 aromatic carbocycles. The first-order valence-corrected chi connectivity index (χ1v) is 9.60. The predicted octanol–water partition coefficient (Wildman–Crippen LogP) is 1.52. The first-order chi connectivity index (χ1) is 6.50. The van der Waals surface area contributed by atoms with Crippen LogP contribution in [-0.4, -0.2) is 23.8 Å². The Balaban J connectivity index is 3.02. The summed E-state index contributed by atoms with van der Waals surface area (Å²) < 4.78 is 0.766. The minimum atomic E-state index is -2.00. The van der Waals surface area contributed by atoms with Crippen LogP contribution in [0, 0.1) is 0 Å². The van der Waals surface area contributed by atoms with E-state index in [0.717, 1.165) is 4.35 Å². The monoisotopic (exact) mass is 295 g/mol. The molecule has 0 heterocycles. The summed E-state index contributed by atoms with van der Waals surface area (Å²) in [6, 6.07) is 4.71. The molecule has 2 N–H and O–H groups in total. The molecule has 0 fully saturated rings. The molecule has 0 saturated carbocycles. The number of nitrogens with one attached hydrogen (secondary N) is 1. The Morgan fingerprint density at radius 2 is 2.14 bits per heavy atom. The third-order valence-electron chi connectivity index (χ3n) is 1.49. The standard InChI is InChI=1S/C8H8AsCl2NO2/c1-5(13)12-7-4-6(9(10)11)2-3-8(7)14/h2-4,14H,1H3,(H,12,13). The van der Waals surface area contributed by atoms with Crippen molar-refractivity contribution >= 4 is 48.6 Å². The number of anilines is 1. The van der Waals surface area contributed by atoms with E-state index in [9.17, 15) is 9.90 Å². The van der Waals surface area contributed by atoms with E-state index in [1.165, 1.54) is 13.0 Å². The van der Waals surface area contributed by atoms with E-state index < -0.39 is 12.8 Å². The van der Waals surface area contributed by atoms with E-state index in [4.69, 9.17) is 19.9 Å². The summed E-state index contributed by atoms with van der Waals surface area (Å²) in [5.74, 6) is -0.242. The second kappa shape index (κ2) is 4.92. The number of benzene rings is 1. The third-order valence-corrected chi connectivity index (χ3v) is 4.92. The molecule has 6 heteroatoms. The number of hydrogen-bond donors (Lipinski definition) is 2. The number of rotatable bonds is 2. The molecule has 0 saturated heterocycles. The van der Waals surface area contributed by atoms with Gasteiger partial charge in [-0.25, -0.2) is 0 Å². The maximum absolute atomic E-state index is 10.8. The Morgan fingerprint density at radius 1 is 1.50 bits per heavy atom. The second-order valence-corrected chi connectivity index (χ2v) is 9.09. The molecule has 0 aliphatic carbocycles. The summed E-state index contributed by atoms with van der Waals surface area (Å²) in [6.45, 7) is 1.36. The zero-order valence-electron chi connectivity index (χ0n) is 7.29. The molecule has 14 heavy (non-hydrogen) atoms. The van der Waals surface area contributed by atoms with Gasteiger partial charge in [0.2, 0.25) is 0 Å². The Kier molecular flexibility index (Phi) is 4.11. The first kappa shape index (κ1) is 11.7. The molecular formula is C8H8AsCl2NO2. The number of hydrogen-bond acceptors (Lipinski definition) is 2. The Bertz CT molecular complexity index is 357. The number of amides is 1.